The number of hydrogen-bond donors (Lipinski definition) is 1. The average molecular weight is 223 g/mol. The Labute approximate surface area is 95.5 Å². The van der Waals surface area contributed by atoms with E-state index in [0.29, 0.717) is 17.9 Å². The molecular weight excluding hydrogens is 206 g/mol. The van der Waals surface area contributed by atoms with Crippen molar-refractivity contribution in [1.82, 2.24) is 0 Å². The number of ether oxygens (including phenoxy) is 1. The number of carboxylic acids is 1. The summed E-state index contributed by atoms with van der Waals surface area (Å²) >= 11 is 0. The van der Waals surface area contributed by atoms with E-state index < -0.39 is 5.97 Å². The Balaban J connectivity index is 2.98. The summed E-state index contributed by atoms with van der Waals surface area (Å²) in [5.41, 5.74) is 1.02. The molecule has 1 atom stereocenters. The Morgan fingerprint density at radius 3 is 2.69 bits per heavy atom. The van der Waals surface area contributed by atoms with E-state index in [0.717, 1.165) is 0 Å². The van der Waals surface area contributed by atoms with Gasteiger partial charge in [-0.3, -0.25) is 0 Å². The maximum Gasteiger partial charge on any atom is 0.337 e. The quantitative estimate of drug-likeness (QED) is 0.827. The van der Waals surface area contributed by atoms with Gasteiger partial charge >= 0.3 is 5.97 Å². The van der Waals surface area contributed by atoms with Gasteiger partial charge in [0.1, 0.15) is 0 Å². The Kier molecular flexibility index (Phi) is 4.31. The third-order valence-electron chi connectivity index (χ3n) is 2.58. The number of nitrogens with zero attached hydrogens (tertiary/aromatic N) is 1. The molecule has 0 aliphatic rings. The molecule has 0 heterocycles. The van der Waals surface area contributed by atoms with Gasteiger partial charge in [0, 0.05) is 20.2 Å². The molecule has 1 unspecified atom stereocenters. The zero-order valence-corrected chi connectivity index (χ0v) is 9.80. The number of aromatic carboxylic acids is 1. The van der Waals surface area contributed by atoms with Crippen LogP contribution in [0.4, 0.5) is 5.69 Å². The largest absolute Gasteiger partial charge is 0.478 e. The minimum Gasteiger partial charge on any atom is -0.478 e. The summed E-state index contributed by atoms with van der Waals surface area (Å²) in [4.78, 5) is 13.0. The third kappa shape index (κ3) is 2.73. The van der Waals surface area contributed by atoms with E-state index in [1.165, 1.54) is 0 Å². The molecule has 4 heteroatoms. The molecule has 16 heavy (non-hydrogen) atoms. The third-order valence-corrected chi connectivity index (χ3v) is 2.58. The number of hydrogen-bond acceptors (Lipinski definition) is 3. The highest BCUT2D eigenvalue weighted by atomic mass is 16.5. The molecule has 4 nitrogen and oxygen atoms in total. The minimum atomic E-state index is -0.910. The van der Waals surface area contributed by atoms with E-state index >= 15 is 0 Å². The predicted molar refractivity (Wildman–Crippen MR) is 63.1 cm³/mol. The van der Waals surface area contributed by atoms with Crippen LogP contribution < -0.4 is 4.90 Å². The van der Waals surface area contributed by atoms with Crippen LogP contribution >= 0.6 is 0 Å². The van der Waals surface area contributed by atoms with Crippen molar-refractivity contribution < 1.29 is 14.6 Å². The van der Waals surface area contributed by atoms with Crippen molar-refractivity contribution in [3.63, 3.8) is 0 Å². The monoisotopic (exact) mass is 223 g/mol. The van der Waals surface area contributed by atoms with Crippen molar-refractivity contribution >= 4 is 11.7 Å². The van der Waals surface area contributed by atoms with Gasteiger partial charge < -0.3 is 14.7 Å². The van der Waals surface area contributed by atoms with Crippen molar-refractivity contribution in [2.45, 2.75) is 13.0 Å². The van der Waals surface area contributed by atoms with Crippen LogP contribution in [0.2, 0.25) is 0 Å². The van der Waals surface area contributed by atoms with E-state index in [1.54, 1.807) is 25.3 Å². The van der Waals surface area contributed by atoms with Crippen LogP contribution in [-0.4, -0.2) is 37.9 Å². The highest BCUT2D eigenvalue weighted by molar-refractivity contribution is 5.94. The zero-order valence-electron chi connectivity index (χ0n) is 9.80. The number of likely N-dealkylation sites (N-methyl/N-ethyl adjacent to an activating group) is 1. The van der Waals surface area contributed by atoms with E-state index in [2.05, 4.69) is 0 Å². The van der Waals surface area contributed by atoms with E-state index in [4.69, 9.17) is 9.84 Å². The number of rotatable bonds is 5. The van der Waals surface area contributed by atoms with Gasteiger partial charge in [-0.1, -0.05) is 12.1 Å². The van der Waals surface area contributed by atoms with Gasteiger partial charge in [0.2, 0.25) is 0 Å². The molecule has 1 aromatic carbocycles. The molecule has 0 aromatic heterocycles. The molecule has 1 rings (SSSR count). The van der Waals surface area contributed by atoms with Crippen molar-refractivity contribution in [2.75, 3.05) is 25.7 Å². The zero-order chi connectivity index (χ0) is 12.1. The Morgan fingerprint density at radius 1 is 1.50 bits per heavy atom. The number of carboxylic acid groups (broad SMARTS) is 1. The molecule has 1 aromatic rings. The van der Waals surface area contributed by atoms with Gasteiger partial charge in [0.05, 0.1) is 17.9 Å². The fraction of sp³-hybridized carbons (Fsp3) is 0.417. The number of para-hydroxylation sites is 1. The highest BCUT2D eigenvalue weighted by Crippen LogP contribution is 2.20. The molecule has 0 aliphatic carbocycles. The van der Waals surface area contributed by atoms with Gasteiger partial charge in [-0.2, -0.15) is 0 Å². The summed E-state index contributed by atoms with van der Waals surface area (Å²) < 4.78 is 5.06. The maximum absolute atomic E-state index is 11.0. The molecule has 0 spiro atoms. The smallest absolute Gasteiger partial charge is 0.337 e. The SMILES string of the molecule is COCC(C)N(C)c1ccccc1C(=O)O. The van der Waals surface area contributed by atoms with Crippen molar-refractivity contribution in [1.29, 1.82) is 0 Å². The van der Waals surface area contributed by atoms with Gasteiger partial charge in [0.15, 0.2) is 0 Å². The first kappa shape index (κ1) is 12.5. The molecule has 1 N–H and O–H groups in total. The standard InChI is InChI=1S/C12H17NO3/c1-9(8-16-3)13(2)11-7-5-4-6-10(11)12(14)15/h4-7,9H,8H2,1-3H3,(H,14,15). The lowest BCUT2D eigenvalue weighted by Gasteiger charge is -2.27. The molecule has 88 valence electrons. The second kappa shape index (κ2) is 5.51. The molecule has 0 amide bonds. The molecule has 0 aliphatic heterocycles. The van der Waals surface area contributed by atoms with Gasteiger partial charge in [-0.05, 0) is 19.1 Å². The molecule has 0 radical (unpaired) electrons. The first-order chi connectivity index (χ1) is 7.57. The van der Waals surface area contributed by atoms with Crippen LogP contribution in [0.3, 0.4) is 0 Å². The summed E-state index contributed by atoms with van der Waals surface area (Å²) in [6.45, 7) is 2.55. The second-order valence-corrected chi connectivity index (χ2v) is 3.74. The fourth-order valence-electron chi connectivity index (χ4n) is 1.55. The normalized spacial score (nSPS) is 12.2. The number of benzene rings is 1. The fourth-order valence-corrected chi connectivity index (χ4v) is 1.55. The van der Waals surface area contributed by atoms with Crippen LogP contribution in [0.15, 0.2) is 24.3 Å². The van der Waals surface area contributed by atoms with Gasteiger partial charge in [-0.25, -0.2) is 4.79 Å². The predicted octanol–water partition coefficient (Wildman–Crippen LogP) is 1.86. The number of anilines is 1. The minimum absolute atomic E-state index is 0.130. The van der Waals surface area contributed by atoms with Gasteiger partial charge in [0.25, 0.3) is 0 Å². The summed E-state index contributed by atoms with van der Waals surface area (Å²) in [5.74, 6) is -0.910. The highest BCUT2D eigenvalue weighted by Gasteiger charge is 2.16. The van der Waals surface area contributed by atoms with Crippen molar-refractivity contribution in [3.8, 4) is 0 Å². The Hall–Kier alpha value is -1.55. The summed E-state index contributed by atoms with van der Waals surface area (Å²) in [6, 6.07) is 7.09. The summed E-state index contributed by atoms with van der Waals surface area (Å²) in [5, 5.41) is 9.07. The second-order valence-electron chi connectivity index (χ2n) is 3.74. The van der Waals surface area contributed by atoms with E-state index in [1.807, 2.05) is 24.9 Å². The van der Waals surface area contributed by atoms with Crippen LogP contribution in [0.5, 0.6) is 0 Å². The lowest BCUT2D eigenvalue weighted by Crippen LogP contribution is -2.33. The molecule has 0 saturated heterocycles. The van der Waals surface area contributed by atoms with Crippen LogP contribution in [0, 0.1) is 0 Å². The Morgan fingerprint density at radius 2 is 2.12 bits per heavy atom. The van der Waals surface area contributed by atoms with Crippen LogP contribution in [0.1, 0.15) is 17.3 Å². The summed E-state index contributed by atoms with van der Waals surface area (Å²) in [7, 11) is 3.50. The Bertz CT molecular complexity index is 365. The molecule has 0 saturated carbocycles. The lowest BCUT2D eigenvalue weighted by atomic mass is 10.1. The number of carbonyl (C=O) groups is 1. The van der Waals surface area contributed by atoms with Crippen molar-refractivity contribution in [3.05, 3.63) is 29.8 Å². The molecule has 0 bridgehead atoms. The maximum atomic E-state index is 11.0. The van der Waals surface area contributed by atoms with E-state index in [9.17, 15) is 4.79 Å². The molecule has 0 fully saturated rings. The molecular formula is C12H17NO3. The topological polar surface area (TPSA) is 49.8 Å². The van der Waals surface area contributed by atoms with Gasteiger partial charge in [-0.15, -0.1) is 0 Å². The van der Waals surface area contributed by atoms with Crippen molar-refractivity contribution in [2.24, 2.45) is 0 Å². The number of methoxy groups -OCH3 is 1. The van der Waals surface area contributed by atoms with Crippen LogP contribution in [0.25, 0.3) is 0 Å². The van der Waals surface area contributed by atoms with E-state index in [-0.39, 0.29) is 6.04 Å². The van der Waals surface area contributed by atoms with Crippen LogP contribution in [-0.2, 0) is 4.74 Å². The average Bonchev–Trinajstić information content (AvgIpc) is 2.28. The first-order valence-corrected chi connectivity index (χ1v) is 5.12. The first-order valence-electron chi connectivity index (χ1n) is 5.12. The summed E-state index contributed by atoms with van der Waals surface area (Å²) in [6.07, 6.45) is 0. The lowest BCUT2D eigenvalue weighted by molar-refractivity contribution is 0.0697.